The summed E-state index contributed by atoms with van der Waals surface area (Å²) in [7, 11) is 5.35. The molecule has 1 aromatic carbocycles. The SMILES string of the molecule is COc1ccc(CCN2CCC[C@H](CN(C)C(=O)c3cc(C#N)cn3C)C2)cc1. The summed E-state index contributed by atoms with van der Waals surface area (Å²) < 4.78 is 6.96. The van der Waals surface area contributed by atoms with Crippen molar-refractivity contribution in [3.63, 3.8) is 0 Å². The van der Waals surface area contributed by atoms with Crippen LogP contribution in [0, 0.1) is 17.2 Å². The molecular weight excluding hydrogens is 364 g/mol. The van der Waals surface area contributed by atoms with Gasteiger partial charge >= 0.3 is 0 Å². The van der Waals surface area contributed by atoms with E-state index in [2.05, 4.69) is 23.1 Å². The van der Waals surface area contributed by atoms with E-state index in [1.165, 1.54) is 5.56 Å². The van der Waals surface area contributed by atoms with E-state index < -0.39 is 0 Å². The van der Waals surface area contributed by atoms with Gasteiger partial charge in [-0.1, -0.05) is 12.1 Å². The molecule has 0 saturated carbocycles. The van der Waals surface area contributed by atoms with Crippen LogP contribution in [-0.4, -0.2) is 60.6 Å². The number of amides is 1. The van der Waals surface area contributed by atoms with Crippen molar-refractivity contribution in [2.45, 2.75) is 19.3 Å². The van der Waals surface area contributed by atoms with E-state index in [9.17, 15) is 4.79 Å². The number of piperidine rings is 1. The number of aryl methyl sites for hydroxylation is 1. The molecular formula is C23H30N4O2. The smallest absolute Gasteiger partial charge is 0.270 e. The number of benzene rings is 1. The lowest BCUT2D eigenvalue weighted by atomic mass is 9.97. The molecule has 1 aliphatic heterocycles. The van der Waals surface area contributed by atoms with Gasteiger partial charge in [0.15, 0.2) is 0 Å². The van der Waals surface area contributed by atoms with Crippen molar-refractivity contribution < 1.29 is 9.53 Å². The van der Waals surface area contributed by atoms with Gasteiger partial charge in [-0.15, -0.1) is 0 Å². The average Bonchev–Trinajstić information content (AvgIpc) is 3.13. The Balaban J connectivity index is 1.51. The molecule has 3 rings (SSSR count). The van der Waals surface area contributed by atoms with Gasteiger partial charge in [0.05, 0.1) is 12.7 Å². The van der Waals surface area contributed by atoms with E-state index in [0.717, 1.165) is 51.2 Å². The van der Waals surface area contributed by atoms with Crippen molar-refractivity contribution in [3.8, 4) is 11.8 Å². The molecule has 0 radical (unpaired) electrons. The second-order valence-corrected chi connectivity index (χ2v) is 7.93. The van der Waals surface area contributed by atoms with Gasteiger partial charge in [-0.05, 0) is 55.5 Å². The Morgan fingerprint density at radius 2 is 2.10 bits per heavy atom. The number of carbonyl (C=O) groups excluding carboxylic acids is 1. The Kier molecular flexibility index (Phi) is 6.95. The molecule has 0 bridgehead atoms. The van der Waals surface area contributed by atoms with Gasteiger partial charge in [0.2, 0.25) is 0 Å². The van der Waals surface area contributed by atoms with Gasteiger partial charge in [0.1, 0.15) is 17.5 Å². The van der Waals surface area contributed by atoms with Crippen LogP contribution in [0.25, 0.3) is 0 Å². The van der Waals surface area contributed by atoms with E-state index in [-0.39, 0.29) is 5.91 Å². The van der Waals surface area contributed by atoms with Gasteiger partial charge in [0.25, 0.3) is 5.91 Å². The van der Waals surface area contributed by atoms with Crippen molar-refractivity contribution in [3.05, 3.63) is 53.3 Å². The maximum absolute atomic E-state index is 12.8. The van der Waals surface area contributed by atoms with Crippen molar-refractivity contribution in [1.82, 2.24) is 14.4 Å². The minimum atomic E-state index is -0.0237. The van der Waals surface area contributed by atoms with Crippen molar-refractivity contribution in [1.29, 1.82) is 5.26 Å². The lowest BCUT2D eigenvalue weighted by molar-refractivity contribution is 0.0721. The Hall–Kier alpha value is -2.78. The topological polar surface area (TPSA) is 61.5 Å². The Labute approximate surface area is 173 Å². The molecule has 0 spiro atoms. The van der Waals surface area contributed by atoms with E-state index in [4.69, 9.17) is 10.00 Å². The van der Waals surface area contributed by atoms with Crippen LogP contribution < -0.4 is 4.74 Å². The third-order valence-electron chi connectivity index (χ3n) is 5.71. The first-order valence-corrected chi connectivity index (χ1v) is 10.2. The molecule has 154 valence electrons. The van der Waals surface area contributed by atoms with Crippen LogP contribution in [0.2, 0.25) is 0 Å². The second-order valence-electron chi connectivity index (χ2n) is 7.93. The summed E-state index contributed by atoms with van der Waals surface area (Å²) in [6, 6.07) is 12.0. The minimum Gasteiger partial charge on any atom is -0.497 e. The molecule has 1 fully saturated rings. The molecule has 0 aliphatic carbocycles. The summed E-state index contributed by atoms with van der Waals surface area (Å²) in [5.41, 5.74) is 2.40. The van der Waals surface area contributed by atoms with Crippen LogP contribution in [0.15, 0.2) is 36.5 Å². The monoisotopic (exact) mass is 394 g/mol. The van der Waals surface area contributed by atoms with Crippen LogP contribution in [0.5, 0.6) is 5.75 Å². The molecule has 0 N–H and O–H groups in total. The summed E-state index contributed by atoms with van der Waals surface area (Å²) in [5.74, 6) is 1.34. The fourth-order valence-corrected chi connectivity index (χ4v) is 4.09. The van der Waals surface area contributed by atoms with Gasteiger partial charge < -0.3 is 19.1 Å². The third kappa shape index (κ3) is 5.39. The van der Waals surface area contributed by atoms with Crippen LogP contribution in [0.1, 0.15) is 34.5 Å². The number of methoxy groups -OCH3 is 1. The summed E-state index contributed by atoms with van der Waals surface area (Å²) in [5, 5.41) is 9.05. The van der Waals surface area contributed by atoms with Gasteiger partial charge in [-0.2, -0.15) is 5.26 Å². The molecule has 1 aromatic heterocycles. The zero-order valence-corrected chi connectivity index (χ0v) is 17.6. The van der Waals surface area contributed by atoms with E-state index in [1.54, 1.807) is 28.8 Å². The average molecular weight is 395 g/mol. The molecule has 1 atom stereocenters. The highest BCUT2D eigenvalue weighted by Crippen LogP contribution is 2.20. The number of likely N-dealkylation sites (tertiary alicyclic amines) is 1. The fourth-order valence-electron chi connectivity index (χ4n) is 4.09. The number of aromatic nitrogens is 1. The third-order valence-corrected chi connectivity index (χ3v) is 5.71. The molecule has 6 heteroatoms. The van der Waals surface area contributed by atoms with Crippen molar-refractivity contribution in [2.75, 3.05) is 40.3 Å². The number of ether oxygens (including phenoxy) is 1. The minimum absolute atomic E-state index is 0.0237. The van der Waals surface area contributed by atoms with Crippen LogP contribution in [-0.2, 0) is 13.5 Å². The first kappa shape index (κ1) is 20.9. The molecule has 29 heavy (non-hydrogen) atoms. The van der Waals surface area contributed by atoms with Gasteiger partial charge in [0, 0.05) is 39.9 Å². The lowest BCUT2D eigenvalue weighted by Crippen LogP contribution is -2.42. The number of nitrogens with zero attached hydrogens (tertiary/aromatic N) is 4. The quantitative estimate of drug-likeness (QED) is 0.724. The van der Waals surface area contributed by atoms with Crippen LogP contribution in [0.3, 0.4) is 0 Å². The number of hydrogen-bond donors (Lipinski definition) is 0. The van der Waals surface area contributed by atoms with E-state index in [0.29, 0.717) is 17.2 Å². The number of hydrogen-bond acceptors (Lipinski definition) is 4. The zero-order chi connectivity index (χ0) is 20.8. The van der Waals surface area contributed by atoms with Crippen LogP contribution in [0.4, 0.5) is 0 Å². The van der Waals surface area contributed by atoms with Crippen molar-refractivity contribution in [2.24, 2.45) is 13.0 Å². The lowest BCUT2D eigenvalue weighted by Gasteiger charge is -2.34. The number of rotatable bonds is 7. The fraction of sp³-hybridized carbons (Fsp3) is 0.478. The maximum atomic E-state index is 12.8. The van der Waals surface area contributed by atoms with E-state index >= 15 is 0 Å². The normalized spacial score (nSPS) is 17.0. The van der Waals surface area contributed by atoms with E-state index in [1.807, 2.05) is 26.2 Å². The molecule has 0 unspecified atom stereocenters. The first-order valence-electron chi connectivity index (χ1n) is 10.2. The highest BCUT2D eigenvalue weighted by Gasteiger charge is 2.24. The Morgan fingerprint density at radius 1 is 1.34 bits per heavy atom. The standard InChI is InChI=1S/C23H30N4O2/c1-25-16-20(14-24)13-22(25)23(28)26(2)15-19-5-4-11-27(17-19)12-10-18-6-8-21(29-3)9-7-18/h6-9,13,16,19H,4-5,10-12,15,17H2,1-3H3/t19-/m1/s1. The van der Waals surface area contributed by atoms with Gasteiger partial charge in [-0.25, -0.2) is 0 Å². The molecule has 1 saturated heterocycles. The van der Waals surface area contributed by atoms with Crippen LogP contribution >= 0.6 is 0 Å². The summed E-state index contributed by atoms with van der Waals surface area (Å²) in [6.45, 7) is 3.91. The second kappa shape index (κ2) is 9.62. The number of carbonyl (C=O) groups is 1. The summed E-state index contributed by atoms with van der Waals surface area (Å²) >= 11 is 0. The molecule has 6 nitrogen and oxygen atoms in total. The first-order chi connectivity index (χ1) is 14.0. The predicted molar refractivity (Wildman–Crippen MR) is 113 cm³/mol. The highest BCUT2D eigenvalue weighted by molar-refractivity contribution is 5.93. The largest absolute Gasteiger partial charge is 0.497 e. The zero-order valence-electron chi connectivity index (χ0n) is 17.6. The molecule has 1 amide bonds. The maximum Gasteiger partial charge on any atom is 0.270 e. The Bertz CT molecular complexity index is 866. The molecule has 1 aliphatic rings. The Morgan fingerprint density at radius 3 is 2.76 bits per heavy atom. The van der Waals surface area contributed by atoms with Gasteiger partial charge in [-0.3, -0.25) is 4.79 Å². The summed E-state index contributed by atoms with van der Waals surface area (Å²) in [6.07, 6.45) is 5.03. The molecule has 2 heterocycles. The summed E-state index contributed by atoms with van der Waals surface area (Å²) in [4.78, 5) is 17.1. The predicted octanol–water partition coefficient (Wildman–Crippen LogP) is 2.93. The highest BCUT2D eigenvalue weighted by atomic mass is 16.5. The molecule has 2 aromatic rings. The number of nitriles is 1. The van der Waals surface area contributed by atoms with Crippen molar-refractivity contribution >= 4 is 5.91 Å².